The van der Waals surface area contributed by atoms with Crippen LogP contribution in [0.15, 0.2) is 79.5 Å². The van der Waals surface area contributed by atoms with Gasteiger partial charge in [0.1, 0.15) is 23.4 Å². The number of benzene rings is 2. The number of nitrogens with one attached hydrogen (secondary N) is 3. The molecule has 0 radical (unpaired) electrons. The van der Waals surface area contributed by atoms with Gasteiger partial charge in [-0.1, -0.05) is 18.2 Å². The predicted octanol–water partition coefficient (Wildman–Crippen LogP) is 5.21. The quantitative estimate of drug-likeness (QED) is 0.308. The third-order valence-electron chi connectivity index (χ3n) is 5.79. The first-order valence-electron chi connectivity index (χ1n) is 11.2. The van der Waals surface area contributed by atoms with Gasteiger partial charge >= 0.3 is 0 Å². The van der Waals surface area contributed by atoms with Crippen LogP contribution >= 0.6 is 0 Å². The Morgan fingerprint density at radius 3 is 2.67 bits per heavy atom. The lowest BCUT2D eigenvalue weighted by Gasteiger charge is -2.16. The zero-order valence-electron chi connectivity index (χ0n) is 19.6. The number of hydrogen-bond acceptors (Lipinski definition) is 7. The Bertz CT molecular complexity index is 1620. The second-order valence-electron chi connectivity index (χ2n) is 8.70. The van der Waals surface area contributed by atoms with E-state index >= 15 is 0 Å². The summed E-state index contributed by atoms with van der Waals surface area (Å²) < 4.78 is 0. The van der Waals surface area contributed by atoms with Crippen LogP contribution in [0.5, 0.6) is 0 Å². The Labute approximate surface area is 207 Å². The summed E-state index contributed by atoms with van der Waals surface area (Å²) >= 11 is 0. The van der Waals surface area contributed by atoms with E-state index in [1.165, 1.54) is 6.33 Å². The molecule has 36 heavy (non-hydrogen) atoms. The molecule has 0 saturated heterocycles. The van der Waals surface area contributed by atoms with Crippen LogP contribution in [0.2, 0.25) is 0 Å². The van der Waals surface area contributed by atoms with Crippen molar-refractivity contribution in [2.24, 2.45) is 0 Å². The van der Waals surface area contributed by atoms with Gasteiger partial charge in [-0.05, 0) is 61.9 Å². The maximum atomic E-state index is 12.9. The van der Waals surface area contributed by atoms with E-state index in [9.17, 15) is 10.1 Å². The molecule has 5 aromatic rings. The van der Waals surface area contributed by atoms with E-state index in [2.05, 4.69) is 41.6 Å². The fourth-order valence-corrected chi connectivity index (χ4v) is 3.79. The lowest BCUT2D eigenvalue weighted by Crippen LogP contribution is -2.17. The molecular formula is C27H22N8O. The summed E-state index contributed by atoms with van der Waals surface area (Å²) in [5.41, 5.74) is 4.68. The average Bonchev–Trinajstić information content (AvgIpc) is 3.39. The standard InChI is InChI=1S/C27H22N8O/c1-27(2,14-28)18-7-3-6-17(12-18)26(36)35-20-9-4-8-19(13-20)34-24-21(10-5-11-29-24)22-23-25(32-15-30-22)33-16-31-23/h3-13,15-16H,1-2H3,(H,29,34)(H,35,36)(H,30,31,32,33). The summed E-state index contributed by atoms with van der Waals surface area (Å²) in [6.07, 6.45) is 4.74. The Hall–Kier alpha value is -5.10. The number of anilines is 3. The number of hydrogen-bond donors (Lipinski definition) is 3. The van der Waals surface area contributed by atoms with Crippen LogP contribution in [0.3, 0.4) is 0 Å². The molecule has 0 saturated carbocycles. The van der Waals surface area contributed by atoms with Crippen LogP contribution in [0.25, 0.3) is 22.4 Å². The highest BCUT2D eigenvalue weighted by atomic mass is 16.1. The number of amides is 1. The topological polar surface area (TPSA) is 132 Å². The number of imidazole rings is 1. The van der Waals surface area contributed by atoms with Crippen LogP contribution in [0.4, 0.5) is 17.2 Å². The van der Waals surface area contributed by atoms with E-state index in [4.69, 9.17) is 0 Å². The molecule has 9 heteroatoms. The van der Waals surface area contributed by atoms with Crippen LogP contribution in [-0.2, 0) is 5.41 Å². The highest BCUT2D eigenvalue weighted by Crippen LogP contribution is 2.31. The lowest BCUT2D eigenvalue weighted by molar-refractivity contribution is 0.102. The number of H-pyrrole nitrogens is 1. The fourth-order valence-electron chi connectivity index (χ4n) is 3.79. The van der Waals surface area contributed by atoms with Gasteiger partial charge in [-0.2, -0.15) is 5.26 Å². The molecule has 0 atom stereocenters. The van der Waals surface area contributed by atoms with Gasteiger partial charge in [-0.15, -0.1) is 0 Å². The summed E-state index contributed by atoms with van der Waals surface area (Å²) in [5, 5.41) is 15.7. The molecule has 0 aliphatic rings. The van der Waals surface area contributed by atoms with Crippen molar-refractivity contribution in [2.75, 3.05) is 10.6 Å². The minimum atomic E-state index is -0.689. The first-order chi connectivity index (χ1) is 17.4. The normalized spacial score (nSPS) is 11.1. The fraction of sp³-hybridized carbons (Fsp3) is 0.111. The lowest BCUT2D eigenvalue weighted by atomic mass is 9.85. The van der Waals surface area contributed by atoms with Crippen molar-refractivity contribution < 1.29 is 4.79 Å². The SMILES string of the molecule is CC(C)(C#N)c1cccc(C(=O)Nc2cccc(Nc3ncccc3-c3ncnc4nc[nH]c34)c2)c1. The van der Waals surface area contributed by atoms with Crippen LogP contribution in [0.1, 0.15) is 29.8 Å². The van der Waals surface area contributed by atoms with Crippen molar-refractivity contribution >= 4 is 34.3 Å². The highest BCUT2D eigenvalue weighted by molar-refractivity contribution is 6.04. The molecular weight excluding hydrogens is 452 g/mol. The first kappa shape index (κ1) is 22.7. The van der Waals surface area contributed by atoms with E-state index in [1.54, 1.807) is 30.7 Å². The average molecular weight is 475 g/mol. The molecule has 0 unspecified atom stereocenters. The summed E-state index contributed by atoms with van der Waals surface area (Å²) in [4.78, 5) is 33.3. The summed E-state index contributed by atoms with van der Waals surface area (Å²) in [5.74, 6) is 0.339. The maximum absolute atomic E-state index is 12.9. The van der Waals surface area contributed by atoms with Gasteiger partial charge in [-0.3, -0.25) is 4.79 Å². The van der Waals surface area contributed by atoms with Crippen molar-refractivity contribution in [3.8, 4) is 17.3 Å². The van der Waals surface area contributed by atoms with Gasteiger partial charge < -0.3 is 15.6 Å². The molecule has 0 bridgehead atoms. The van der Waals surface area contributed by atoms with Crippen LogP contribution in [0, 0.1) is 11.3 Å². The number of aromatic amines is 1. The highest BCUT2D eigenvalue weighted by Gasteiger charge is 2.21. The zero-order chi connectivity index (χ0) is 25.1. The molecule has 0 fully saturated rings. The smallest absolute Gasteiger partial charge is 0.255 e. The van der Waals surface area contributed by atoms with E-state index < -0.39 is 5.41 Å². The third-order valence-corrected chi connectivity index (χ3v) is 5.79. The van der Waals surface area contributed by atoms with Gasteiger partial charge in [0, 0.05) is 28.7 Å². The Morgan fingerprint density at radius 1 is 0.972 bits per heavy atom. The molecule has 0 spiro atoms. The van der Waals surface area contributed by atoms with Gasteiger partial charge in [0.2, 0.25) is 0 Å². The van der Waals surface area contributed by atoms with Gasteiger partial charge in [0.15, 0.2) is 5.65 Å². The van der Waals surface area contributed by atoms with Gasteiger partial charge in [-0.25, -0.2) is 19.9 Å². The first-order valence-corrected chi connectivity index (χ1v) is 11.2. The Kier molecular flexibility index (Phi) is 5.84. The van der Waals surface area contributed by atoms with E-state index in [1.807, 2.05) is 56.3 Å². The molecule has 1 amide bonds. The second-order valence-corrected chi connectivity index (χ2v) is 8.70. The summed E-state index contributed by atoms with van der Waals surface area (Å²) in [6.45, 7) is 3.65. The van der Waals surface area contributed by atoms with Crippen LogP contribution < -0.4 is 10.6 Å². The molecule has 5 rings (SSSR count). The maximum Gasteiger partial charge on any atom is 0.255 e. The molecule has 2 aromatic carbocycles. The van der Waals surface area contributed by atoms with Gasteiger partial charge in [0.05, 0.1) is 17.8 Å². The minimum Gasteiger partial charge on any atom is -0.341 e. The number of carbonyl (C=O) groups is 1. The van der Waals surface area contributed by atoms with Gasteiger partial charge in [0.25, 0.3) is 5.91 Å². The predicted molar refractivity (Wildman–Crippen MR) is 138 cm³/mol. The molecule has 0 aliphatic carbocycles. The molecule has 0 aliphatic heterocycles. The van der Waals surface area contributed by atoms with Crippen molar-refractivity contribution in [2.45, 2.75) is 19.3 Å². The van der Waals surface area contributed by atoms with E-state index in [-0.39, 0.29) is 5.91 Å². The molecule has 9 nitrogen and oxygen atoms in total. The third kappa shape index (κ3) is 4.48. The second kappa shape index (κ2) is 9.27. The largest absolute Gasteiger partial charge is 0.341 e. The summed E-state index contributed by atoms with van der Waals surface area (Å²) in [6, 6.07) is 20.5. The zero-order valence-corrected chi connectivity index (χ0v) is 19.6. The van der Waals surface area contributed by atoms with Crippen molar-refractivity contribution in [1.29, 1.82) is 5.26 Å². The number of nitriles is 1. The van der Waals surface area contributed by atoms with Crippen LogP contribution in [-0.4, -0.2) is 30.8 Å². The monoisotopic (exact) mass is 474 g/mol. The number of carbonyl (C=O) groups excluding carboxylic acids is 1. The number of rotatable bonds is 6. The summed E-state index contributed by atoms with van der Waals surface area (Å²) in [7, 11) is 0. The number of fused-ring (bicyclic) bond motifs is 1. The number of pyridine rings is 1. The minimum absolute atomic E-state index is 0.260. The van der Waals surface area contributed by atoms with Crippen molar-refractivity contribution in [1.82, 2.24) is 24.9 Å². The Balaban J connectivity index is 1.39. The molecule has 3 aromatic heterocycles. The Morgan fingerprint density at radius 2 is 1.81 bits per heavy atom. The number of aromatic nitrogens is 5. The van der Waals surface area contributed by atoms with E-state index in [0.717, 1.165) is 22.3 Å². The molecule has 3 heterocycles. The number of nitrogens with zero attached hydrogens (tertiary/aromatic N) is 5. The van der Waals surface area contributed by atoms with E-state index in [0.29, 0.717) is 28.4 Å². The molecule has 3 N–H and O–H groups in total. The van der Waals surface area contributed by atoms with Crippen molar-refractivity contribution in [3.63, 3.8) is 0 Å². The van der Waals surface area contributed by atoms with Crippen molar-refractivity contribution in [3.05, 3.63) is 90.6 Å². The molecule has 176 valence electrons.